The molecule has 1 heterocycles. The van der Waals surface area contributed by atoms with Crippen LogP contribution in [0.5, 0.6) is 0 Å². The Morgan fingerprint density at radius 2 is 2.04 bits per heavy atom. The molecule has 1 amide bonds. The molecule has 0 aliphatic heterocycles. The van der Waals surface area contributed by atoms with E-state index < -0.39 is 0 Å². The largest absolute Gasteiger partial charge is 0.327 e. The van der Waals surface area contributed by atoms with E-state index in [0.717, 1.165) is 18.5 Å². The van der Waals surface area contributed by atoms with Gasteiger partial charge in [-0.05, 0) is 24.3 Å². The van der Waals surface area contributed by atoms with Gasteiger partial charge in [0.15, 0.2) is 0 Å². The minimum Gasteiger partial charge on any atom is -0.327 e. The van der Waals surface area contributed by atoms with Crippen molar-refractivity contribution in [1.29, 1.82) is 0 Å². The molecule has 2 atom stereocenters. The predicted octanol–water partition coefficient (Wildman–Crippen LogP) is 2.78. The van der Waals surface area contributed by atoms with E-state index >= 15 is 0 Å². The van der Waals surface area contributed by atoms with Gasteiger partial charge in [-0.15, -0.1) is 0 Å². The van der Waals surface area contributed by atoms with Gasteiger partial charge in [0.1, 0.15) is 0 Å². The Morgan fingerprint density at radius 1 is 1.26 bits per heavy atom. The molecule has 0 radical (unpaired) electrons. The number of amides is 1. The molecule has 23 heavy (non-hydrogen) atoms. The van der Waals surface area contributed by atoms with E-state index in [2.05, 4.69) is 22.5 Å². The first-order chi connectivity index (χ1) is 11.2. The van der Waals surface area contributed by atoms with E-state index in [-0.39, 0.29) is 11.9 Å². The molecule has 0 bridgehead atoms. The molecule has 0 saturated heterocycles. The third kappa shape index (κ3) is 4.42. The first kappa shape index (κ1) is 15.7. The quantitative estimate of drug-likeness (QED) is 0.891. The summed E-state index contributed by atoms with van der Waals surface area (Å²) in [5.41, 5.74) is 8.04. The van der Waals surface area contributed by atoms with Crippen LogP contribution in [0.1, 0.15) is 37.7 Å². The van der Waals surface area contributed by atoms with Crippen molar-refractivity contribution in [3.05, 3.63) is 48.3 Å². The van der Waals surface area contributed by atoms with Crippen LogP contribution in [0, 0.1) is 5.92 Å². The molecule has 1 fully saturated rings. The second kappa shape index (κ2) is 7.42. The third-order valence-electron chi connectivity index (χ3n) is 4.52. The lowest BCUT2D eigenvalue weighted by Crippen LogP contribution is -2.35. The first-order valence-corrected chi connectivity index (χ1v) is 8.32. The highest BCUT2D eigenvalue weighted by Crippen LogP contribution is 2.26. The van der Waals surface area contributed by atoms with Crippen molar-refractivity contribution >= 4 is 11.6 Å². The minimum absolute atomic E-state index is 0.0339. The molecule has 2 aromatic rings. The maximum Gasteiger partial charge on any atom is 0.224 e. The maximum absolute atomic E-state index is 12.2. The molecule has 3 rings (SSSR count). The number of carbonyl (C=O) groups is 1. The Morgan fingerprint density at radius 3 is 2.83 bits per heavy atom. The minimum atomic E-state index is 0.0339. The summed E-state index contributed by atoms with van der Waals surface area (Å²) in [7, 11) is 0. The van der Waals surface area contributed by atoms with Crippen LogP contribution >= 0.6 is 0 Å². The zero-order chi connectivity index (χ0) is 16.1. The topological polar surface area (TPSA) is 72.9 Å². The monoisotopic (exact) mass is 312 g/mol. The average Bonchev–Trinajstić information content (AvgIpc) is 2.97. The molecule has 1 aromatic heterocycles. The maximum atomic E-state index is 12.2. The highest BCUT2D eigenvalue weighted by molar-refractivity contribution is 5.90. The van der Waals surface area contributed by atoms with Crippen molar-refractivity contribution in [2.45, 2.75) is 44.7 Å². The van der Waals surface area contributed by atoms with Crippen LogP contribution < -0.4 is 11.1 Å². The first-order valence-electron chi connectivity index (χ1n) is 8.32. The van der Waals surface area contributed by atoms with Gasteiger partial charge >= 0.3 is 0 Å². The molecular weight excluding hydrogens is 288 g/mol. The van der Waals surface area contributed by atoms with E-state index in [1.54, 1.807) is 6.20 Å². The number of nitrogens with two attached hydrogens (primary N) is 1. The van der Waals surface area contributed by atoms with Crippen molar-refractivity contribution in [1.82, 2.24) is 9.78 Å². The molecule has 1 aliphatic carbocycles. The van der Waals surface area contributed by atoms with Gasteiger partial charge in [-0.25, -0.2) is 0 Å². The fourth-order valence-electron chi connectivity index (χ4n) is 3.23. The van der Waals surface area contributed by atoms with E-state index in [1.165, 1.54) is 18.4 Å². The Hall–Kier alpha value is -2.14. The standard InChI is InChI=1S/C18H24N4O/c19-17-9-5-4-8-15(17)10-18(23)21-16-11-20-22(13-16)12-14-6-2-1-3-7-14/h1-3,6-7,11,13,15,17H,4-5,8-10,12,19H2,(H,21,23). The van der Waals surface area contributed by atoms with Crippen molar-refractivity contribution in [2.75, 3.05) is 5.32 Å². The molecule has 2 unspecified atom stereocenters. The van der Waals surface area contributed by atoms with Gasteiger partial charge in [0.2, 0.25) is 5.91 Å². The number of hydrogen-bond acceptors (Lipinski definition) is 3. The Labute approximate surface area is 136 Å². The number of hydrogen-bond donors (Lipinski definition) is 2. The number of carbonyl (C=O) groups excluding carboxylic acids is 1. The summed E-state index contributed by atoms with van der Waals surface area (Å²) in [6, 6.07) is 10.3. The van der Waals surface area contributed by atoms with E-state index in [4.69, 9.17) is 5.73 Å². The molecule has 1 saturated carbocycles. The van der Waals surface area contributed by atoms with Crippen LogP contribution in [0.3, 0.4) is 0 Å². The Kier molecular flexibility index (Phi) is 5.08. The Bertz CT molecular complexity index is 637. The van der Waals surface area contributed by atoms with Crippen LogP contribution in [0.25, 0.3) is 0 Å². The van der Waals surface area contributed by atoms with Gasteiger partial charge in [-0.2, -0.15) is 5.10 Å². The molecule has 3 N–H and O–H groups in total. The third-order valence-corrected chi connectivity index (χ3v) is 4.52. The van der Waals surface area contributed by atoms with E-state index in [1.807, 2.05) is 29.1 Å². The second-order valence-electron chi connectivity index (χ2n) is 6.37. The zero-order valence-electron chi connectivity index (χ0n) is 13.3. The average molecular weight is 312 g/mol. The van der Waals surface area contributed by atoms with E-state index in [9.17, 15) is 4.79 Å². The summed E-state index contributed by atoms with van der Waals surface area (Å²) in [5, 5.41) is 7.24. The van der Waals surface area contributed by atoms with Gasteiger partial charge in [0.25, 0.3) is 0 Å². The van der Waals surface area contributed by atoms with Crippen molar-refractivity contribution in [2.24, 2.45) is 11.7 Å². The molecule has 5 nitrogen and oxygen atoms in total. The lowest BCUT2D eigenvalue weighted by Gasteiger charge is -2.27. The second-order valence-corrected chi connectivity index (χ2v) is 6.37. The van der Waals surface area contributed by atoms with Crippen LogP contribution in [-0.2, 0) is 11.3 Å². The lowest BCUT2D eigenvalue weighted by atomic mass is 9.83. The van der Waals surface area contributed by atoms with Gasteiger partial charge in [0.05, 0.1) is 18.4 Å². The summed E-state index contributed by atoms with van der Waals surface area (Å²) in [6.45, 7) is 0.699. The summed E-state index contributed by atoms with van der Waals surface area (Å²) in [5.74, 6) is 0.342. The molecular formula is C18H24N4O. The molecule has 1 aliphatic rings. The Balaban J connectivity index is 1.53. The van der Waals surface area contributed by atoms with Crippen molar-refractivity contribution in [3.8, 4) is 0 Å². The molecule has 122 valence electrons. The smallest absolute Gasteiger partial charge is 0.224 e. The predicted molar refractivity (Wildman–Crippen MR) is 91.0 cm³/mol. The van der Waals surface area contributed by atoms with Gasteiger partial charge in [-0.1, -0.05) is 43.2 Å². The molecule has 5 heteroatoms. The summed E-state index contributed by atoms with van der Waals surface area (Å²) >= 11 is 0. The molecule has 0 spiro atoms. The van der Waals surface area contributed by atoms with Crippen molar-refractivity contribution < 1.29 is 4.79 Å². The van der Waals surface area contributed by atoms with Gasteiger partial charge in [-0.3, -0.25) is 9.48 Å². The van der Waals surface area contributed by atoms with E-state index in [0.29, 0.717) is 18.9 Å². The fraction of sp³-hybridized carbons (Fsp3) is 0.444. The SMILES string of the molecule is NC1CCCCC1CC(=O)Nc1cnn(Cc2ccccc2)c1. The fourth-order valence-corrected chi connectivity index (χ4v) is 3.23. The zero-order valence-corrected chi connectivity index (χ0v) is 13.3. The normalized spacial score (nSPS) is 21.1. The molecule has 1 aromatic carbocycles. The highest BCUT2D eigenvalue weighted by atomic mass is 16.1. The van der Waals surface area contributed by atoms with Crippen LogP contribution in [0.4, 0.5) is 5.69 Å². The van der Waals surface area contributed by atoms with Gasteiger partial charge in [0, 0.05) is 18.7 Å². The number of rotatable bonds is 5. The summed E-state index contributed by atoms with van der Waals surface area (Å²) in [4.78, 5) is 12.2. The number of benzene rings is 1. The van der Waals surface area contributed by atoms with Crippen LogP contribution in [-0.4, -0.2) is 21.7 Å². The van der Waals surface area contributed by atoms with Crippen LogP contribution in [0.15, 0.2) is 42.7 Å². The number of aromatic nitrogens is 2. The summed E-state index contributed by atoms with van der Waals surface area (Å²) < 4.78 is 1.83. The lowest BCUT2D eigenvalue weighted by molar-refractivity contribution is -0.117. The highest BCUT2D eigenvalue weighted by Gasteiger charge is 2.24. The van der Waals surface area contributed by atoms with Crippen LogP contribution in [0.2, 0.25) is 0 Å². The number of nitrogens with zero attached hydrogens (tertiary/aromatic N) is 2. The van der Waals surface area contributed by atoms with Gasteiger partial charge < -0.3 is 11.1 Å². The number of nitrogens with one attached hydrogen (secondary N) is 1. The van der Waals surface area contributed by atoms with Crippen molar-refractivity contribution in [3.63, 3.8) is 0 Å². The summed E-state index contributed by atoms with van der Waals surface area (Å²) in [6.07, 6.45) is 8.53. The number of anilines is 1.